The van der Waals surface area contributed by atoms with E-state index < -0.39 is 0 Å². The predicted molar refractivity (Wildman–Crippen MR) is 66.6 cm³/mol. The lowest BCUT2D eigenvalue weighted by molar-refractivity contribution is 0.0856. The third-order valence-electron chi connectivity index (χ3n) is 3.18. The van der Waals surface area contributed by atoms with Gasteiger partial charge in [0.15, 0.2) is 0 Å². The largest absolute Gasteiger partial charge is 0.378 e. The third-order valence-corrected chi connectivity index (χ3v) is 3.43. The number of hydrogen-bond donors (Lipinski definition) is 1. The summed E-state index contributed by atoms with van der Waals surface area (Å²) in [7, 11) is 0. The smallest absolute Gasteiger partial charge is 0.0596 e. The topological polar surface area (TPSA) is 35.2 Å². The number of halogens is 1. The Balaban J connectivity index is 2.07. The van der Waals surface area contributed by atoms with Crippen LogP contribution >= 0.6 is 11.6 Å². The van der Waals surface area contributed by atoms with Gasteiger partial charge in [0.1, 0.15) is 0 Å². The number of rotatable bonds is 3. The summed E-state index contributed by atoms with van der Waals surface area (Å²) < 4.78 is 5.63. The highest BCUT2D eigenvalue weighted by Gasteiger charge is 2.28. The Bertz CT molecular complexity index is 341. The molecule has 2 rings (SSSR count). The quantitative estimate of drug-likeness (QED) is 0.880. The highest BCUT2D eigenvalue weighted by Crippen LogP contribution is 2.29. The summed E-state index contributed by atoms with van der Waals surface area (Å²) in [5.41, 5.74) is 7.13. The van der Waals surface area contributed by atoms with Gasteiger partial charge in [0.2, 0.25) is 0 Å². The molecule has 0 spiro atoms. The Kier molecular flexibility index (Phi) is 3.53. The van der Waals surface area contributed by atoms with Crippen LogP contribution in [0.4, 0.5) is 0 Å². The first kappa shape index (κ1) is 11.9. The van der Waals surface area contributed by atoms with Gasteiger partial charge in [0, 0.05) is 17.2 Å². The summed E-state index contributed by atoms with van der Waals surface area (Å²) in [5.74, 6) is 0. The molecule has 0 saturated carbocycles. The van der Waals surface area contributed by atoms with E-state index in [1.165, 1.54) is 0 Å². The van der Waals surface area contributed by atoms with E-state index in [0.717, 1.165) is 36.5 Å². The molecule has 2 nitrogen and oxygen atoms in total. The van der Waals surface area contributed by atoms with Crippen molar-refractivity contribution < 1.29 is 4.74 Å². The van der Waals surface area contributed by atoms with Crippen LogP contribution in [0.5, 0.6) is 0 Å². The normalized spacial score (nSPS) is 24.3. The zero-order valence-corrected chi connectivity index (χ0v) is 10.3. The van der Waals surface area contributed by atoms with Gasteiger partial charge in [-0.05, 0) is 43.9 Å². The summed E-state index contributed by atoms with van der Waals surface area (Å²) in [5, 5.41) is 0.747. The molecule has 0 aromatic heterocycles. The third kappa shape index (κ3) is 2.76. The van der Waals surface area contributed by atoms with Gasteiger partial charge in [0.25, 0.3) is 0 Å². The zero-order chi connectivity index (χ0) is 11.6. The second-order valence-corrected chi connectivity index (χ2v) is 5.20. The number of hydrogen-bond acceptors (Lipinski definition) is 2. The van der Waals surface area contributed by atoms with Gasteiger partial charge in [-0.2, -0.15) is 0 Å². The fourth-order valence-electron chi connectivity index (χ4n) is 2.23. The molecular weight excluding hydrogens is 222 g/mol. The summed E-state index contributed by atoms with van der Waals surface area (Å²) in [6, 6.07) is 7.77. The van der Waals surface area contributed by atoms with Crippen LogP contribution in [0.3, 0.4) is 0 Å². The van der Waals surface area contributed by atoms with E-state index >= 15 is 0 Å². The van der Waals surface area contributed by atoms with E-state index in [-0.39, 0.29) is 5.54 Å². The van der Waals surface area contributed by atoms with Crippen molar-refractivity contribution in [2.24, 2.45) is 5.73 Å². The van der Waals surface area contributed by atoms with E-state index in [1.807, 2.05) is 24.3 Å². The number of nitrogens with two attached hydrogens (primary N) is 1. The van der Waals surface area contributed by atoms with Gasteiger partial charge in [-0.1, -0.05) is 23.7 Å². The van der Waals surface area contributed by atoms with Crippen LogP contribution in [0.1, 0.15) is 31.7 Å². The Morgan fingerprint density at radius 3 is 2.69 bits per heavy atom. The Morgan fingerprint density at radius 2 is 2.12 bits per heavy atom. The van der Waals surface area contributed by atoms with E-state index in [1.54, 1.807) is 0 Å². The molecular formula is C13H18ClNO. The number of ether oxygens (including phenoxy) is 1. The molecule has 0 aliphatic carbocycles. The lowest BCUT2D eigenvalue weighted by Crippen LogP contribution is -2.36. The maximum absolute atomic E-state index is 6.34. The van der Waals surface area contributed by atoms with Gasteiger partial charge in [-0.15, -0.1) is 0 Å². The van der Waals surface area contributed by atoms with Crippen molar-refractivity contribution in [3.05, 3.63) is 34.9 Å². The first-order valence-corrected chi connectivity index (χ1v) is 6.12. The van der Waals surface area contributed by atoms with Crippen molar-refractivity contribution in [1.29, 1.82) is 0 Å². The minimum atomic E-state index is -0.334. The molecule has 1 aliphatic rings. The molecule has 2 unspecified atom stereocenters. The molecule has 1 saturated heterocycles. The Morgan fingerprint density at radius 1 is 1.44 bits per heavy atom. The standard InChI is InChI=1S/C13H18ClNO/c1-13(15,9-12-3-2-8-16-12)10-4-6-11(14)7-5-10/h4-7,12H,2-3,8-9,15H2,1H3. The minimum absolute atomic E-state index is 0.311. The highest BCUT2D eigenvalue weighted by atomic mass is 35.5. The van der Waals surface area contributed by atoms with E-state index in [9.17, 15) is 0 Å². The molecule has 0 radical (unpaired) electrons. The minimum Gasteiger partial charge on any atom is -0.378 e. The van der Waals surface area contributed by atoms with Gasteiger partial charge >= 0.3 is 0 Å². The zero-order valence-electron chi connectivity index (χ0n) is 9.58. The molecule has 1 aromatic carbocycles. The Hall–Kier alpha value is -0.570. The van der Waals surface area contributed by atoms with Crippen LogP contribution in [0.25, 0.3) is 0 Å². The van der Waals surface area contributed by atoms with Gasteiger partial charge in [-0.25, -0.2) is 0 Å². The Labute approximate surface area is 102 Å². The fraction of sp³-hybridized carbons (Fsp3) is 0.538. The molecule has 1 aromatic rings. The van der Waals surface area contributed by atoms with E-state index in [2.05, 4.69) is 6.92 Å². The summed E-state index contributed by atoms with van der Waals surface area (Å²) in [6.45, 7) is 2.93. The van der Waals surface area contributed by atoms with Crippen LogP contribution in [0.15, 0.2) is 24.3 Å². The number of benzene rings is 1. The van der Waals surface area contributed by atoms with Crippen molar-refractivity contribution in [2.45, 2.75) is 37.8 Å². The van der Waals surface area contributed by atoms with Crippen molar-refractivity contribution >= 4 is 11.6 Å². The van der Waals surface area contributed by atoms with Gasteiger partial charge < -0.3 is 10.5 Å². The fourth-order valence-corrected chi connectivity index (χ4v) is 2.35. The lowest BCUT2D eigenvalue weighted by atomic mass is 9.87. The molecule has 0 amide bonds. The van der Waals surface area contributed by atoms with Crippen LogP contribution in [0.2, 0.25) is 5.02 Å². The highest BCUT2D eigenvalue weighted by molar-refractivity contribution is 6.30. The van der Waals surface area contributed by atoms with E-state index in [0.29, 0.717) is 6.10 Å². The van der Waals surface area contributed by atoms with Crippen LogP contribution in [0, 0.1) is 0 Å². The molecule has 2 atom stereocenters. The van der Waals surface area contributed by atoms with Crippen LogP contribution in [-0.4, -0.2) is 12.7 Å². The van der Waals surface area contributed by atoms with Crippen LogP contribution < -0.4 is 5.73 Å². The summed E-state index contributed by atoms with van der Waals surface area (Å²) in [6.07, 6.45) is 3.46. The van der Waals surface area contributed by atoms with Crippen molar-refractivity contribution in [2.75, 3.05) is 6.61 Å². The molecule has 3 heteroatoms. The lowest BCUT2D eigenvalue weighted by Gasteiger charge is -2.28. The summed E-state index contributed by atoms with van der Waals surface area (Å²) >= 11 is 5.87. The SMILES string of the molecule is CC(N)(CC1CCCO1)c1ccc(Cl)cc1. The average Bonchev–Trinajstić information content (AvgIpc) is 2.70. The molecule has 16 heavy (non-hydrogen) atoms. The van der Waals surface area contributed by atoms with Gasteiger partial charge in [-0.3, -0.25) is 0 Å². The monoisotopic (exact) mass is 239 g/mol. The van der Waals surface area contributed by atoms with Gasteiger partial charge in [0.05, 0.1) is 6.10 Å². The van der Waals surface area contributed by atoms with Crippen molar-refractivity contribution in [3.63, 3.8) is 0 Å². The molecule has 1 heterocycles. The first-order valence-electron chi connectivity index (χ1n) is 5.74. The maximum atomic E-state index is 6.34. The second-order valence-electron chi connectivity index (χ2n) is 4.76. The molecule has 0 bridgehead atoms. The molecule has 88 valence electrons. The molecule has 2 N–H and O–H groups in total. The maximum Gasteiger partial charge on any atom is 0.0596 e. The first-order chi connectivity index (χ1) is 7.58. The average molecular weight is 240 g/mol. The van der Waals surface area contributed by atoms with Crippen molar-refractivity contribution in [3.8, 4) is 0 Å². The van der Waals surface area contributed by atoms with Crippen LogP contribution in [-0.2, 0) is 10.3 Å². The van der Waals surface area contributed by atoms with Crippen molar-refractivity contribution in [1.82, 2.24) is 0 Å². The summed E-state index contributed by atoms with van der Waals surface area (Å²) in [4.78, 5) is 0. The second kappa shape index (κ2) is 4.74. The molecule has 1 fully saturated rings. The predicted octanol–water partition coefficient (Wildman–Crippen LogP) is 3.08. The molecule has 1 aliphatic heterocycles. The van der Waals surface area contributed by atoms with E-state index in [4.69, 9.17) is 22.1 Å².